The zero-order valence-electron chi connectivity index (χ0n) is 17.5. The van der Waals surface area contributed by atoms with Crippen molar-refractivity contribution in [2.24, 2.45) is 0 Å². The van der Waals surface area contributed by atoms with Crippen LogP contribution in [0.3, 0.4) is 0 Å². The van der Waals surface area contributed by atoms with Crippen LogP contribution < -0.4 is 5.32 Å². The van der Waals surface area contributed by atoms with Crippen molar-refractivity contribution < 1.29 is 9.53 Å². The lowest BCUT2D eigenvalue weighted by Crippen LogP contribution is -2.46. The number of hydrogen-bond acceptors (Lipinski definition) is 4. The molecule has 5 nitrogen and oxygen atoms in total. The molecule has 2 aromatic carbocycles. The van der Waals surface area contributed by atoms with E-state index < -0.39 is 0 Å². The molecule has 1 heterocycles. The van der Waals surface area contributed by atoms with Crippen LogP contribution in [0.4, 0.5) is 0 Å². The number of carbonyl (C=O) groups excluding carboxylic acids is 1. The minimum Gasteiger partial charge on any atom is -0.378 e. The lowest BCUT2D eigenvalue weighted by atomic mass is 10.1. The Kier molecular flexibility index (Phi) is 12.7. The van der Waals surface area contributed by atoms with Gasteiger partial charge in [-0.25, -0.2) is 0 Å². The van der Waals surface area contributed by atoms with Gasteiger partial charge in [-0.15, -0.1) is 24.8 Å². The first-order chi connectivity index (χ1) is 13.7. The highest BCUT2D eigenvalue weighted by Gasteiger charge is 2.21. The summed E-state index contributed by atoms with van der Waals surface area (Å²) in [5, 5.41) is 3.38. The molecule has 0 bridgehead atoms. The molecule has 2 aromatic rings. The highest BCUT2D eigenvalue weighted by molar-refractivity contribution is 5.85. The number of halogens is 2. The van der Waals surface area contributed by atoms with Crippen LogP contribution in [0.25, 0.3) is 0 Å². The van der Waals surface area contributed by atoms with Crippen molar-refractivity contribution in [1.29, 1.82) is 0 Å². The van der Waals surface area contributed by atoms with Gasteiger partial charge in [0.25, 0.3) is 0 Å². The summed E-state index contributed by atoms with van der Waals surface area (Å²) < 4.78 is 5.50. The molecule has 1 aliphatic heterocycles. The van der Waals surface area contributed by atoms with Gasteiger partial charge in [0.2, 0.25) is 5.91 Å². The first kappa shape index (κ1) is 26.4. The molecule has 0 spiro atoms. The number of amides is 1. The van der Waals surface area contributed by atoms with E-state index >= 15 is 0 Å². The van der Waals surface area contributed by atoms with Crippen molar-refractivity contribution in [3.63, 3.8) is 0 Å². The fourth-order valence-electron chi connectivity index (χ4n) is 3.45. The van der Waals surface area contributed by atoms with E-state index in [0.717, 1.165) is 31.8 Å². The minimum absolute atomic E-state index is 0. The van der Waals surface area contributed by atoms with Crippen LogP contribution in [0.5, 0.6) is 0 Å². The Morgan fingerprint density at radius 1 is 0.967 bits per heavy atom. The van der Waals surface area contributed by atoms with E-state index in [1.807, 2.05) is 29.2 Å². The Morgan fingerprint density at radius 2 is 1.57 bits per heavy atom. The number of nitrogens with one attached hydrogen (secondary N) is 1. The molecule has 0 aromatic heterocycles. The lowest BCUT2D eigenvalue weighted by molar-refractivity contribution is -0.133. The predicted molar refractivity (Wildman–Crippen MR) is 126 cm³/mol. The van der Waals surface area contributed by atoms with E-state index in [1.165, 1.54) is 5.56 Å². The smallest absolute Gasteiger partial charge is 0.224 e. The van der Waals surface area contributed by atoms with Crippen molar-refractivity contribution in [1.82, 2.24) is 15.1 Å². The highest BCUT2D eigenvalue weighted by atomic mass is 35.5. The van der Waals surface area contributed by atoms with Gasteiger partial charge < -0.3 is 19.9 Å². The van der Waals surface area contributed by atoms with Gasteiger partial charge in [-0.2, -0.15) is 0 Å². The summed E-state index contributed by atoms with van der Waals surface area (Å²) in [7, 11) is 2.11. The fourth-order valence-corrected chi connectivity index (χ4v) is 3.45. The first-order valence-electron chi connectivity index (χ1n) is 10.1. The number of ether oxygens (including phenoxy) is 1. The maximum Gasteiger partial charge on any atom is 0.224 e. The van der Waals surface area contributed by atoms with Crippen LogP contribution in [-0.2, 0) is 22.6 Å². The monoisotopic (exact) mass is 453 g/mol. The zero-order valence-corrected chi connectivity index (χ0v) is 19.2. The second kappa shape index (κ2) is 14.4. The number of likely N-dealkylation sites (N-methyl/N-ethyl adjacent to an activating group) is 1. The third-order valence-corrected chi connectivity index (χ3v) is 5.04. The molecule has 1 N–H and O–H groups in total. The van der Waals surface area contributed by atoms with Crippen molar-refractivity contribution in [3.05, 3.63) is 71.8 Å². The lowest BCUT2D eigenvalue weighted by Gasteiger charge is -2.29. The Balaban J connectivity index is 0.00000225. The summed E-state index contributed by atoms with van der Waals surface area (Å²) in [5.41, 5.74) is 2.45. The molecular weight excluding hydrogens is 421 g/mol. The average molecular weight is 454 g/mol. The molecule has 0 saturated carbocycles. The van der Waals surface area contributed by atoms with Gasteiger partial charge >= 0.3 is 0 Å². The summed E-state index contributed by atoms with van der Waals surface area (Å²) in [5.74, 6) is 0.181. The van der Waals surface area contributed by atoms with Gasteiger partial charge in [0, 0.05) is 45.2 Å². The van der Waals surface area contributed by atoms with Crippen molar-refractivity contribution in [2.45, 2.75) is 25.6 Å². The van der Waals surface area contributed by atoms with Gasteiger partial charge in [0.05, 0.1) is 13.2 Å². The van der Waals surface area contributed by atoms with Crippen LogP contribution in [0.15, 0.2) is 60.7 Å². The number of nitrogens with zero attached hydrogens (tertiary/aromatic N) is 2. The molecule has 0 radical (unpaired) electrons. The van der Waals surface area contributed by atoms with Crippen LogP contribution in [0, 0.1) is 0 Å². The zero-order chi connectivity index (χ0) is 19.6. The van der Waals surface area contributed by atoms with Gasteiger partial charge in [-0.1, -0.05) is 60.7 Å². The summed E-state index contributed by atoms with van der Waals surface area (Å²) in [6, 6.07) is 20.8. The van der Waals surface area contributed by atoms with Crippen LogP contribution in [0.1, 0.15) is 17.5 Å². The van der Waals surface area contributed by atoms with Gasteiger partial charge in [0.15, 0.2) is 0 Å². The van der Waals surface area contributed by atoms with Crippen molar-refractivity contribution in [2.75, 3.05) is 39.9 Å². The summed E-state index contributed by atoms with van der Waals surface area (Å²) in [4.78, 5) is 17.2. The van der Waals surface area contributed by atoms with Gasteiger partial charge in [-0.05, 0) is 18.2 Å². The second-order valence-electron chi connectivity index (χ2n) is 7.45. The first-order valence-corrected chi connectivity index (χ1v) is 10.1. The van der Waals surface area contributed by atoms with Crippen molar-refractivity contribution in [3.8, 4) is 0 Å². The van der Waals surface area contributed by atoms with Gasteiger partial charge in [0.1, 0.15) is 0 Å². The molecule has 1 atom stereocenters. The number of carbonyl (C=O) groups is 1. The molecule has 1 saturated heterocycles. The standard InChI is InChI=1S/C23H31N3O2.2ClH/c1-25(17-20-8-4-2-5-9-20)13-14-26(18-21-10-6-3-7-11-21)23(27)16-22-19-28-15-12-24-22;;/h2-11,22,24H,12-19H2,1H3;2*1H. The number of rotatable bonds is 9. The Labute approximate surface area is 192 Å². The maximum absolute atomic E-state index is 13.0. The van der Waals surface area contributed by atoms with E-state index in [4.69, 9.17) is 4.74 Å². The summed E-state index contributed by atoms with van der Waals surface area (Å²) in [6.45, 7) is 5.23. The number of hydrogen-bond donors (Lipinski definition) is 1. The van der Waals surface area contributed by atoms with Crippen LogP contribution >= 0.6 is 24.8 Å². The SMILES string of the molecule is CN(CCN(Cc1ccccc1)C(=O)CC1COCCN1)Cc1ccccc1.Cl.Cl. The van der Waals surface area contributed by atoms with Gasteiger partial charge in [-0.3, -0.25) is 4.79 Å². The molecular formula is C23H33Cl2N3O2. The molecule has 30 heavy (non-hydrogen) atoms. The predicted octanol–water partition coefficient (Wildman–Crippen LogP) is 3.37. The molecule has 1 amide bonds. The van der Waals surface area contributed by atoms with E-state index in [1.54, 1.807) is 0 Å². The van der Waals surface area contributed by atoms with Crippen LogP contribution in [0.2, 0.25) is 0 Å². The largest absolute Gasteiger partial charge is 0.378 e. The minimum atomic E-state index is 0. The van der Waals surface area contributed by atoms with Crippen molar-refractivity contribution >= 4 is 30.7 Å². The average Bonchev–Trinajstić information content (AvgIpc) is 2.73. The number of morpholine rings is 1. The Hall–Kier alpha value is -1.63. The van der Waals surface area contributed by atoms with E-state index in [9.17, 15) is 4.79 Å². The Bertz CT molecular complexity index is 713. The summed E-state index contributed by atoms with van der Waals surface area (Å²) >= 11 is 0. The molecule has 0 aliphatic carbocycles. The van der Waals surface area contributed by atoms with Crippen LogP contribution in [-0.4, -0.2) is 61.6 Å². The number of benzene rings is 2. The third-order valence-electron chi connectivity index (χ3n) is 5.04. The second-order valence-corrected chi connectivity index (χ2v) is 7.45. The summed E-state index contributed by atoms with van der Waals surface area (Å²) in [6.07, 6.45) is 0.481. The third kappa shape index (κ3) is 9.02. The molecule has 1 aliphatic rings. The van der Waals surface area contributed by atoms with E-state index in [2.05, 4.69) is 53.7 Å². The van der Waals surface area contributed by atoms with E-state index in [-0.39, 0.29) is 36.8 Å². The maximum atomic E-state index is 13.0. The molecule has 1 fully saturated rings. The van der Waals surface area contributed by atoms with E-state index in [0.29, 0.717) is 26.1 Å². The molecule has 166 valence electrons. The Morgan fingerprint density at radius 3 is 2.13 bits per heavy atom. The highest BCUT2D eigenvalue weighted by Crippen LogP contribution is 2.10. The molecule has 7 heteroatoms. The topological polar surface area (TPSA) is 44.8 Å². The molecule has 3 rings (SSSR count). The fraction of sp³-hybridized carbons (Fsp3) is 0.435. The normalized spacial score (nSPS) is 15.7. The molecule has 1 unspecified atom stereocenters. The quantitative estimate of drug-likeness (QED) is 0.631.